The Hall–Kier alpha value is -1.06. The standard InChI is InChI=1S/C16H23NO2.ClH/c1-13-7-10-17(11-8-13)12-9-16(18)14-3-5-15(19-2)6-4-14;/h3-6,13H,7-12H2,1-2H3;1H/p-1. The number of rotatable bonds is 5. The molecule has 0 unspecified atom stereocenters. The summed E-state index contributed by atoms with van der Waals surface area (Å²) in [5.74, 6) is 1.86. The Kier molecular flexibility index (Phi) is 7.03. The molecule has 0 amide bonds. The first kappa shape index (κ1) is 17.0. The molecule has 112 valence electrons. The van der Waals surface area contributed by atoms with Gasteiger partial charge < -0.3 is 22.0 Å². The van der Waals surface area contributed by atoms with Crippen LogP contribution in [0.15, 0.2) is 24.3 Å². The molecule has 1 aliphatic heterocycles. The van der Waals surface area contributed by atoms with E-state index in [4.69, 9.17) is 4.74 Å². The van der Waals surface area contributed by atoms with Crippen LogP contribution in [0.4, 0.5) is 0 Å². The van der Waals surface area contributed by atoms with E-state index in [1.807, 2.05) is 24.3 Å². The van der Waals surface area contributed by atoms with Crippen LogP contribution in [0.5, 0.6) is 5.75 Å². The van der Waals surface area contributed by atoms with E-state index in [-0.39, 0.29) is 18.2 Å². The highest BCUT2D eigenvalue weighted by Crippen LogP contribution is 2.17. The Morgan fingerprint density at radius 2 is 1.85 bits per heavy atom. The lowest BCUT2D eigenvalue weighted by atomic mass is 9.99. The Balaban J connectivity index is 0.00000200. The van der Waals surface area contributed by atoms with Crippen LogP contribution in [0, 0.1) is 5.92 Å². The molecule has 0 radical (unpaired) electrons. The van der Waals surface area contributed by atoms with Crippen molar-refractivity contribution in [3.63, 3.8) is 0 Å². The monoisotopic (exact) mass is 296 g/mol. The summed E-state index contributed by atoms with van der Waals surface area (Å²) < 4.78 is 5.09. The number of benzene rings is 1. The van der Waals surface area contributed by atoms with Crippen molar-refractivity contribution in [1.29, 1.82) is 0 Å². The van der Waals surface area contributed by atoms with Gasteiger partial charge in [0.15, 0.2) is 5.78 Å². The number of methoxy groups -OCH3 is 1. The molecule has 1 heterocycles. The third-order valence-electron chi connectivity index (χ3n) is 3.94. The maximum absolute atomic E-state index is 12.1. The molecule has 1 aromatic carbocycles. The smallest absolute Gasteiger partial charge is 0.164 e. The Morgan fingerprint density at radius 3 is 2.40 bits per heavy atom. The van der Waals surface area contributed by atoms with Crippen molar-refractivity contribution >= 4 is 5.78 Å². The maximum Gasteiger partial charge on any atom is 0.164 e. The van der Waals surface area contributed by atoms with Gasteiger partial charge in [0.25, 0.3) is 0 Å². The largest absolute Gasteiger partial charge is 1.00 e. The second kappa shape index (κ2) is 8.28. The van der Waals surface area contributed by atoms with Gasteiger partial charge >= 0.3 is 0 Å². The van der Waals surface area contributed by atoms with Crippen LogP contribution in [-0.2, 0) is 0 Å². The van der Waals surface area contributed by atoms with Crippen molar-refractivity contribution in [1.82, 2.24) is 4.90 Å². The predicted molar refractivity (Wildman–Crippen MR) is 76.8 cm³/mol. The van der Waals surface area contributed by atoms with E-state index >= 15 is 0 Å². The molecular weight excluding hydrogens is 274 g/mol. The molecule has 0 saturated carbocycles. The summed E-state index contributed by atoms with van der Waals surface area (Å²) in [7, 11) is 1.63. The van der Waals surface area contributed by atoms with E-state index in [9.17, 15) is 4.79 Å². The van der Waals surface area contributed by atoms with Crippen molar-refractivity contribution in [3.05, 3.63) is 29.8 Å². The van der Waals surface area contributed by atoms with Gasteiger partial charge in [0.1, 0.15) is 5.75 Å². The molecule has 0 spiro atoms. The molecule has 0 aromatic heterocycles. The fourth-order valence-electron chi connectivity index (χ4n) is 2.47. The zero-order valence-corrected chi connectivity index (χ0v) is 13.0. The summed E-state index contributed by atoms with van der Waals surface area (Å²) in [6.07, 6.45) is 3.13. The summed E-state index contributed by atoms with van der Waals surface area (Å²) in [5.41, 5.74) is 0.783. The predicted octanol–water partition coefficient (Wildman–Crippen LogP) is 0.00390. The van der Waals surface area contributed by atoms with Crippen molar-refractivity contribution < 1.29 is 21.9 Å². The lowest BCUT2D eigenvalue weighted by Crippen LogP contribution is -3.00. The molecule has 1 aromatic rings. The molecular formula is C16H23ClNO2-. The summed E-state index contributed by atoms with van der Waals surface area (Å²) in [5, 5.41) is 0. The number of carbonyl (C=O) groups is 1. The van der Waals surface area contributed by atoms with E-state index in [1.54, 1.807) is 7.11 Å². The van der Waals surface area contributed by atoms with Crippen molar-refractivity contribution in [2.24, 2.45) is 5.92 Å². The van der Waals surface area contributed by atoms with Crippen molar-refractivity contribution in [3.8, 4) is 5.75 Å². The zero-order valence-electron chi connectivity index (χ0n) is 12.3. The number of hydrogen-bond donors (Lipinski definition) is 0. The third kappa shape index (κ3) is 4.80. The fourth-order valence-corrected chi connectivity index (χ4v) is 2.47. The minimum absolute atomic E-state index is 0. The van der Waals surface area contributed by atoms with Crippen LogP contribution in [0.2, 0.25) is 0 Å². The van der Waals surface area contributed by atoms with E-state index < -0.39 is 0 Å². The summed E-state index contributed by atoms with van der Waals surface area (Å²) in [6.45, 7) is 5.46. The van der Waals surface area contributed by atoms with Gasteiger partial charge in [-0.2, -0.15) is 0 Å². The molecule has 0 atom stereocenters. The number of nitrogens with zero attached hydrogens (tertiary/aromatic N) is 1. The summed E-state index contributed by atoms with van der Waals surface area (Å²) in [4.78, 5) is 14.5. The van der Waals surface area contributed by atoms with Gasteiger partial charge in [0.2, 0.25) is 0 Å². The molecule has 0 N–H and O–H groups in total. The molecule has 1 aliphatic rings. The average Bonchev–Trinajstić information content (AvgIpc) is 2.46. The van der Waals surface area contributed by atoms with Gasteiger partial charge in [-0.25, -0.2) is 0 Å². The van der Waals surface area contributed by atoms with Crippen LogP contribution >= 0.6 is 0 Å². The first-order valence-corrected chi connectivity index (χ1v) is 7.08. The highest BCUT2D eigenvalue weighted by molar-refractivity contribution is 5.96. The number of likely N-dealkylation sites (tertiary alicyclic amines) is 1. The van der Waals surface area contributed by atoms with E-state index in [2.05, 4.69) is 11.8 Å². The van der Waals surface area contributed by atoms with Gasteiger partial charge in [0.05, 0.1) is 7.11 Å². The number of Topliss-reactive ketones (excluding diaryl/α,β-unsaturated/α-hetero) is 1. The van der Waals surface area contributed by atoms with Gasteiger partial charge in [-0.3, -0.25) is 4.79 Å². The van der Waals surface area contributed by atoms with E-state index in [0.717, 1.165) is 36.9 Å². The van der Waals surface area contributed by atoms with Gasteiger partial charge in [-0.15, -0.1) is 0 Å². The Labute approximate surface area is 127 Å². The quantitative estimate of drug-likeness (QED) is 0.717. The highest BCUT2D eigenvalue weighted by atomic mass is 35.5. The maximum atomic E-state index is 12.1. The molecule has 3 nitrogen and oxygen atoms in total. The van der Waals surface area contributed by atoms with Crippen LogP contribution in [0.1, 0.15) is 36.5 Å². The minimum Gasteiger partial charge on any atom is -1.00 e. The minimum atomic E-state index is 0. The molecule has 1 fully saturated rings. The van der Waals surface area contributed by atoms with Gasteiger partial charge in [-0.05, 0) is 56.1 Å². The van der Waals surface area contributed by atoms with E-state index in [0.29, 0.717) is 6.42 Å². The summed E-state index contributed by atoms with van der Waals surface area (Å²) >= 11 is 0. The molecule has 2 rings (SSSR count). The summed E-state index contributed by atoms with van der Waals surface area (Å²) in [6, 6.07) is 7.38. The number of halogens is 1. The lowest BCUT2D eigenvalue weighted by Gasteiger charge is -2.29. The van der Waals surface area contributed by atoms with Gasteiger partial charge in [-0.1, -0.05) is 6.92 Å². The van der Waals surface area contributed by atoms with Crippen LogP contribution in [0.25, 0.3) is 0 Å². The molecule has 4 heteroatoms. The van der Waals surface area contributed by atoms with Crippen LogP contribution < -0.4 is 17.1 Å². The average molecular weight is 297 g/mol. The first-order valence-electron chi connectivity index (χ1n) is 7.08. The normalized spacial score (nSPS) is 16.5. The second-order valence-corrected chi connectivity index (χ2v) is 5.43. The molecule has 0 bridgehead atoms. The lowest BCUT2D eigenvalue weighted by molar-refractivity contribution is -0.0000126. The molecule has 0 aliphatic carbocycles. The SMILES string of the molecule is COc1ccc(C(=O)CCN2CCC(C)CC2)cc1.[Cl-]. The highest BCUT2D eigenvalue weighted by Gasteiger charge is 2.16. The molecule has 1 saturated heterocycles. The number of carbonyl (C=O) groups excluding carboxylic acids is 1. The molecule has 20 heavy (non-hydrogen) atoms. The zero-order chi connectivity index (χ0) is 13.7. The topological polar surface area (TPSA) is 29.5 Å². The number of hydrogen-bond acceptors (Lipinski definition) is 3. The Bertz CT molecular complexity index is 411. The van der Waals surface area contributed by atoms with Crippen LogP contribution in [0.3, 0.4) is 0 Å². The van der Waals surface area contributed by atoms with E-state index in [1.165, 1.54) is 12.8 Å². The number of ether oxygens (including phenoxy) is 1. The fraction of sp³-hybridized carbons (Fsp3) is 0.562. The van der Waals surface area contributed by atoms with Crippen LogP contribution in [-0.4, -0.2) is 37.4 Å². The first-order chi connectivity index (χ1) is 9.19. The van der Waals surface area contributed by atoms with Gasteiger partial charge in [0, 0.05) is 18.5 Å². The van der Waals surface area contributed by atoms with Crippen molar-refractivity contribution in [2.45, 2.75) is 26.2 Å². The Morgan fingerprint density at radius 1 is 1.25 bits per heavy atom. The second-order valence-electron chi connectivity index (χ2n) is 5.43. The number of piperidine rings is 1. The third-order valence-corrected chi connectivity index (χ3v) is 3.94. The van der Waals surface area contributed by atoms with Crippen molar-refractivity contribution in [2.75, 3.05) is 26.7 Å². The number of ketones is 1.